The third-order valence-electron chi connectivity index (χ3n) is 5.51. The number of aromatic nitrogens is 1. The predicted octanol–water partition coefficient (Wildman–Crippen LogP) is 1.75. The van der Waals surface area contributed by atoms with Gasteiger partial charge in [-0.25, -0.2) is 4.98 Å². The molecule has 0 atom stereocenters. The number of ether oxygens (including phenoxy) is 1. The van der Waals surface area contributed by atoms with Gasteiger partial charge in [-0.15, -0.1) is 11.3 Å². The van der Waals surface area contributed by atoms with E-state index in [1.807, 2.05) is 24.3 Å². The quantitative estimate of drug-likeness (QED) is 0.681. The number of benzene rings is 1. The van der Waals surface area contributed by atoms with E-state index >= 15 is 0 Å². The van der Waals surface area contributed by atoms with Crippen molar-refractivity contribution in [2.24, 2.45) is 0 Å². The van der Waals surface area contributed by atoms with Gasteiger partial charge in [-0.3, -0.25) is 19.3 Å². The van der Waals surface area contributed by atoms with Gasteiger partial charge >= 0.3 is 0 Å². The Morgan fingerprint density at radius 3 is 2.62 bits per heavy atom. The molecule has 2 saturated heterocycles. The maximum Gasteiger partial charge on any atom is 0.243 e. The van der Waals surface area contributed by atoms with Crippen molar-refractivity contribution in [2.45, 2.75) is 19.3 Å². The van der Waals surface area contributed by atoms with Crippen molar-refractivity contribution in [2.75, 3.05) is 61.6 Å². The van der Waals surface area contributed by atoms with Crippen LogP contribution in [0, 0.1) is 0 Å². The topological polar surface area (TPSA) is 95.1 Å². The molecule has 0 radical (unpaired) electrons. The number of carbonyl (C=O) groups excluding carboxylic acids is 3. The summed E-state index contributed by atoms with van der Waals surface area (Å²) in [6, 6.07) is 7.67. The largest absolute Gasteiger partial charge is 0.378 e. The minimum Gasteiger partial charge on any atom is -0.378 e. The first-order valence-corrected chi connectivity index (χ1v) is 11.6. The molecule has 1 aromatic carbocycles. The molecule has 1 N–H and O–H groups in total. The van der Waals surface area contributed by atoms with Crippen LogP contribution in [-0.2, 0) is 25.5 Å². The van der Waals surface area contributed by atoms with Crippen molar-refractivity contribution in [3.05, 3.63) is 35.3 Å². The van der Waals surface area contributed by atoms with Crippen molar-refractivity contribution in [1.82, 2.24) is 9.88 Å². The van der Waals surface area contributed by atoms with Gasteiger partial charge < -0.3 is 19.9 Å². The molecule has 1 aromatic heterocycles. The highest BCUT2D eigenvalue weighted by molar-refractivity contribution is 7.14. The molecule has 3 heterocycles. The van der Waals surface area contributed by atoms with Crippen LogP contribution >= 0.6 is 11.3 Å². The molecule has 9 nitrogen and oxygen atoms in total. The predicted molar refractivity (Wildman–Crippen MR) is 123 cm³/mol. The molecule has 2 aliphatic heterocycles. The van der Waals surface area contributed by atoms with Crippen LogP contribution in [0.4, 0.5) is 16.5 Å². The molecule has 0 aliphatic carbocycles. The molecule has 0 spiro atoms. The maximum atomic E-state index is 12.5. The van der Waals surface area contributed by atoms with Crippen molar-refractivity contribution < 1.29 is 19.1 Å². The third-order valence-corrected chi connectivity index (χ3v) is 6.42. The summed E-state index contributed by atoms with van der Waals surface area (Å²) in [6.07, 6.45) is 1.47. The first-order valence-electron chi connectivity index (χ1n) is 10.7. The van der Waals surface area contributed by atoms with Gasteiger partial charge in [-0.2, -0.15) is 0 Å². The number of nitrogens with one attached hydrogen (secondary N) is 1. The summed E-state index contributed by atoms with van der Waals surface area (Å²) >= 11 is 1.36. The van der Waals surface area contributed by atoms with E-state index in [0.717, 1.165) is 38.4 Å². The zero-order valence-electron chi connectivity index (χ0n) is 18.1. The number of hydrogen-bond donors (Lipinski definition) is 1. The van der Waals surface area contributed by atoms with E-state index in [9.17, 15) is 14.4 Å². The zero-order valence-corrected chi connectivity index (χ0v) is 18.9. The van der Waals surface area contributed by atoms with E-state index in [4.69, 9.17) is 4.74 Å². The van der Waals surface area contributed by atoms with E-state index in [-0.39, 0.29) is 30.7 Å². The normalized spacial score (nSPS) is 16.3. The molecule has 2 fully saturated rings. The van der Waals surface area contributed by atoms with E-state index < -0.39 is 0 Å². The fourth-order valence-corrected chi connectivity index (χ4v) is 4.59. The number of morpholine rings is 1. The number of amides is 3. The van der Waals surface area contributed by atoms with Gasteiger partial charge in [0.1, 0.15) is 0 Å². The van der Waals surface area contributed by atoms with Crippen molar-refractivity contribution in [3.8, 4) is 0 Å². The molecule has 0 bridgehead atoms. The Morgan fingerprint density at radius 1 is 1.19 bits per heavy atom. The first-order chi connectivity index (χ1) is 15.5. The smallest absolute Gasteiger partial charge is 0.243 e. The van der Waals surface area contributed by atoms with Crippen LogP contribution < -0.4 is 15.1 Å². The SMILES string of the molecule is CN(CC(=O)Nc1ccc(N2CCOCC2)cc1)C(=O)Cc1csc(N2CCCC2=O)n1. The van der Waals surface area contributed by atoms with Crippen LogP contribution in [0.25, 0.3) is 0 Å². The number of rotatable bonds is 7. The third kappa shape index (κ3) is 5.43. The van der Waals surface area contributed by atoms with Crippen LogP contribution in [0.1, 0.15) is 18.5 Å². The lowest BCUT2D eigenvalue weighted by Gasteiger charge is -2.28. The summed E-state index contributed by atoms with van der Waals surface area (Å²) in [6.45, 7) is 3.77. The van der Waals surface area contributed by atoms with E-state index in [1.54, 1.807) is 17.3 Å². The fourth-order valence-electron chi connectivity index (χ4n) is 3.72. The standard InChI is InChI=1S/C22H27N5O4S/c1-25(21(30)13-17-15-32-22(24-17)27-8-2-3-20(27)29)14-19(28)23-16-4-6-18(7-5-16)26-9-11-31-12-10-26/h4-7,15H,2-3,8-14H2,1H3,(H,23,28). The summed E-state index contributed by atoms with van der Waals surface area (Å²) in [5.41, 5.74) is 2.39. The number of nitrogens with zero attached hydrogens (tertiary/aromatic N) is 4. The number of hydrogen-bond acceptors (Lipinski definition) is 7. The summed E-state index contributed by atoms with van der Waals surface area (Å²) < 4.78 is 5.37. The van der Waals surface area contributed by atoms with Crippen molar-refractivity contribution in [1.29, 1.82) is 0 Å². The van der Waals surface area contributed by atoms with Crippen molar-refractivity contribution >= 4 is 45.6 Å². The van der Waals surface area contributed by atoms with Gasteiger partial charge in [0.25, 0.3) is 0 Å². The van der Waals surface area contributed by atoms with Gasteiger partial charge in [0.15, 0.2) is 5.13 Å². The second-order valence-corrected chi connectivity index (χ2v) is 8.73. The Balaban J connectivity index is 1.25. The molecule has 3 amide bonds. The average molecular weight is 458 g/mol. The zero-order chi connectivity index (χ0) is 22.5. The summed E-state index contributed by atoms with van der Waals surface area (Å²) in [5, 5.41) is 5.26. The number of carbonyl (C=O) groups is 3. The molecule has 0 unspecified atom stereocenters. The highest BCUT2D eigenvalue weighted by atomic mass is 32.1. The Bertz CT molecular complexity index is 971. The van der Waals surface area contributed by atoms with Crippen LogP contribution in [0.15, 0.2) is 29.6 Å². The lowest BCUT2D eigenvalue weighted by atomic mass is 10.2. The minimum absolute atomic E-state index is 0.0499. The van der Waals surface area contributed by atoms with Crippen molar-refractivity contribution in [3.63, 3.8) is 0 Å². The Morgan fingerprint density at radius 2 is 1.94 bits per heavy atom. The van der Waals surface area contributed by atoms with Gasteiger partial charge in [-0.05, 0) is 30.7 Å². The van der Waals surface area contributed by atoms with Crippen LogP contribution in [0.3, 0.4) is 0 Å². The highest BCUT2D eigenvalue weighted by Crippen LogP contribution is 2.25. The van der Waals surface area contributed by atoms with Crippen LogP contribution in [0.5, 0.6) is 0 Å². The van der Waals surface area contributed by atoms with E-state index in [1.165, 1.54) is 16.2 Å². The maximum absolute atomic E-state index is 12.5. The summed E-state index contributed by atoms with van der Waals surface area (Å²) in [7, 11) is 1.60. The van der Waals surface area contributed by atoms with Crippen LogP contribution in [0.2, 0.25) is 0 Å². The Hall–Kier alpha value is -2.98. The second kappa shape index (κ2) is 10.1. The molecular weight excluding hydrogens is 430 g/mol. The molecular formula is C22H27N5O4S. The Kier molecular flexibility index (Phi) is 7.01. The second-order valence-electron chi connectivity index (χ2n) is 7.89. The molecule has 0 saturated carbocycles. The van der Waals surface area contributed by atoms with Crippen LogP contribution in [-0.4, -0.2) is 74.0 Å². The molecule has 2 aliphatic rings. The van der Waals surface area contributed by atoms with Gasteiger partial charge in [0, 0.05) is 49.9 Å². The molecule has 2 aromatic rings. The molecule has 4 rings (SSSR count). The monoisotopic (exact) mass is 457 g/mol. The van der Waals surface area contributed by atoms with Gasteiger partial charge in [0.05, 0.1) is 31.9 Å². The lowest BCUT2D eigenvalue weighted by Crippen LogP contribution is -2.36. The average Bonchev–Trinajstić information content (AvgIpc) is 3.43. The minimum atomic E-state index is -0.262. The number of likely N-dealkylation sites (N-methyl/N-ethyl adjacent to an activating group) is 1. The fraction of sp³-hybridized carbons (Fsp3) is 0.455. The van der Waals surface area contributed by atoms with Gasteiger partial charge in [-0.1, -0.05) is 0 Å². The lowest BCUT2D eigenvalue weighted by molar-refractivity contribution is -0.132. The van der Waals surface area contributed by atoms with Gasteiger partial charge in [0.2, 0.25) is 17.7 Å². The number of thiazole rings is 1. The van der Waals surface area contributed by atoms with E-state index in [0.29, 0.717) is 29.5 Å². The van der Waals surface area contributed by atoms with E-state index in [2.05, 4.69) is 15.2 Å². The molecule has 170 valence electrons. The first kappa shape index (κ1) is 22.2. The molecule has 32 heavy (non-hydrogen) atoms. The summed E-state index contributed by atoms with van der Waals surface area (Å²) in [4.78, 5) is 46.5. The number of anilines is 3. The summed E-state index contributed by atoms with van der Waals surface area (Å²) in [5.74, 6) is -0.391. The Labute approximate surface area is 191 Å². The highest BCUT2D eigenvalue weighted by Gasteiger charge is 2.25. The molecule has 10 heteroatoms.